The minimum atomic E-state index is -0.0403. The van der Waals surface area contributed by atoms with Gasteiger partial charge in [0.1, 0.15) is 5.82 Å². The van der Waals surface area contributed by atoms with Gasteiger partial charge in [-0.3, -0.25) is 4.99 Å². The van der Waals surface area contributed by atoms with E-state index in [9.17, 15) is 0 Å². The Morgan fingerprint density at radius 1 is 1.08 bits per heavy atom. The quantitative estimate of drug-likeness (QED) is 0.784. The number of aryl methyl sites for hydroxylation is 1. The van der Waals surface area contributed by atoms with Crippen molar-refractivity contribution in [2.24, 2.45) is 4.99 Å². The number of halogens is 1. The first-order chi connectivity index (χ1) is 12.6. The third-order valence-corrected chi connectivity index (χ3v) is 4.98. The van der Waals surface area contributed by atoms with Crippen LogP contribution in [-0.4, -0.2) is 16.7 Å². The third-order valence-electron chi connectivity index (χ3n) is 4.73. The molecule has 2 atom stereocenters. The van der Waals surface area contributed by atoms with Gasteiger partial charge in [0.25, 0.3) is 0 Å². The Hall–Kier alpha value is -2.65. The zero-order valence-electron chi connectivity index (χ0n) is 14.8. The van der Waals surface area contributed by atoms with Crippen molar-refractivity contribution in [1.82, 2.24) is 4.98 Å². The van der Waals surface area contributed by atoms with Gasteiger partial charge < -0.3 is 5.32 Å². The van der Waals surface area contributed by atoms with Gasteiger partial charge in [-0.2, -0.15) is 0 Å². The number of nitrogens with zero attached hydrogens (tertiary/aromatic N) is 2. The van der Waals surface area contributed by atoms with E-state index in [1.165, 1.54) is 16.7 Å². The van der Waals surface area contributed by atoms with Gasteiger partial charge in [-0.25, -0.2) is 4.98 Å². The van der Waals surface area contributed by atoms with Crippen LogP contribution in [0, 0.1) is 6.92 Å². The van der Waals surface area contributed by atoms with E-state index in [4.69, 9.17) is 16.6 Å². The van der Waals surface area contributed by atoms with E-state index in [2.05, 4.69) is 66.7 Å². The number of hydrogen-bond acceptors (Lipinski definition) is 3. The molecule has 4 rings (SSSR count). The molecular weight excluding hydrogens is 342 g/mol. The lowest BCUT2D eigenvalue weighted by molar-refractivity contribution is 0.916. The minimum absolute atomic E-state index is 0.0403. The van der Waals surface area contributed by atoms with Gasteiger partial charge in [0.2, 0.25) is 0 Å². The van der Waals surface area contributed by atoms with Crippen LogP contribution >= 0.6 is 11.6 Å². The largest absolute Gasteiger partial charge is 0.359 e. The van der Waals surface area contributed by atoms with Crippen molar-refractivity contribution in [3.8, 4) is 0 Å². The Kier molecular flexibility index (Phi) is 4.48. The third kappa shape index (κ3) is 3.23. The number of nitrogens with one attached hydrogen (secondary N) is 1. The van der Waals surface area contributed by atoms with Gasteiger partial charge in [0, 0.05) is 22.5 Å². The molecule has 2 unspecified atom stereocenters. The molecule has 1 aliphatic carbocycles. The number of rotatable bonds is 4. The molecular formula is C22H20ClN3. The van der Waals surface area contributed by atoms with Crippen molar-refractivity contribution in [3.05, 3.63) is 94.2 Å². The van der Waals surface area contributed by atoms with Crippen LogP contribution in [0.5, 0.6) is 0 Å². The summed E-state index contributed by atoms with van der Waals surface area (Å²) >= 11 is 6.11. The molecule has 1 aliphatic heterocycles. The first kappa shape index (κ1) is 16.8. The fourth-order valence-corrected chi connectivity index (χ4v) is 3.62. The summed E-state index contributed by atoms with van der Waals surface area (Å²) in [5.74, 6) is 0.852. The molecule has 3 nitrogen and oxygen atoms in total. The number of aromatic nitrogens is 1. The zero-order valence-corrected chi connectivity index (χ0v) is 15.5. The lowest BCUT2D eigenvalue weighted by atomic mass is 9.89. The number of anilines is 1. The molecule has 2 aromatic rings. The van der Waals surface area contributed by atoms with Crippen LogP contribution < -0.4 is 5.32 Å². The van der Waals surface area contributed by atoms with Crippen LogP contribution in [-0.2, 0) is 0 Å². The number of benzene rings is 1. The summed E-state index contributed by atoms with van der Waals surface area (Å²) in [5, 5.41) is 4.34. The molecule has 2 aliphatic rings. The van der Waals surface area contributed by atoms with Crippen molar-refractivity contribution in [3.63, 3.8) is 0 Å². The highest BCUT2D eigenvalue weighted by Gasteiger charge is 2.30. The van der Waals surface area contributed by atoms with Crippen molar-refractivity contribution in [1.29, 1.82) is 0 Å². The number of fused-ring (bicyclic) bond motifs is 1. The minimum Gasteiger partial charge on any atom is -0.359 e. The molecule has 130 valence electrons. The highest BCUT2D eigenvalue weighted by molar-refractivity contribution is 6.30. The SMILES string of the molecule is CC1=NC2C=CC=CC2=C1C(Nc1cc(C)ccn1)c1ccc(Cl)cc1. The van der Waals surface area contributed by atoms with Gasteiger partial charge >= 0.3 is 0 Å². The van der Waals surface area contributed by atoms with E-state index >= 15 is 0 Å². The molecule has 0 amide bonds. The Morgan fingerprint density at radius 2 is 1.88 bits per heavy atom. The molecule has 1 aromatic heterocycles. The predicted molar refractivity (Wildman–Crippen MR) is 109 cm³/mol. The number of pyridine rings is 1. The number of hydrogen-bond donors (Lipinski definition) is 1. The molecule has 1 aromatic carbocycles. The van der Waals surface area contributed by atoms with Crippen molar-refractivity contribution in [2.75, 3.05) is 5.32 Å². The number of aliphatic imine (C=N–C) groups is 1. The Labute approximate surface area is 158 Å². The molecule has 0 saturated carbocycles. The summed E-state index contributed by atoms with van der Waals surface area (Å²) in [5.41, 5.74) is 5.82. The maximum atomic E-state index is 6.11. The second kappa shape index (κ2) is 6.93. The Bertz CT molecular complexity index is 952. The normalized spacial score (nSPS) is 19.3. The van der Waals surface area contributed by atoms with E-state index in [1.54, 1.807) is 0 Å². The summed E-state index contributed by atoms with van der Waals surface area (Å²) < 4.78 is 0. The maximum Gasteiger partial charge on any atom is 0.126 e. The predicted octanol–water partition coefficient (Wildman–Crippen LogP) is 5.46. The van der Waals surface area contributed by atoms with Crippen molar-refractivity contribution >= 4 is 23.1 Å². The van der Waals surface area contributed by atoms with Gasteiger partial charge in [-0.15, -0.1) is 0 Å². The molecule has 0 saturated heterocycles. The summed E-state index contributed by atoms with van der Waals surface area (Å²) in [6, 6.07) is 12.1. The second-order valence-electron chi connectivity index (χ2n) is 6.62. The Morgan fingerprint density at radius 3 is 2.65 bits per heavy atom. The van der Waals surface area contributed by atoms with Crippen LogP contribution in [0.2, 0.25) is 5.02 Å². The molecule has 4 heteroatoms. The lowest BCUT2D eigenvalue weighted by Crippen LogP contribution is -2.19. The Balaban J connectivity index is 1.80. The fourth-order valence-electron chi connectivity index (χ4n) is 3.50. The van der Waals surface area contributed by atoms with E-state index in [0.29, 0.717) is 0 Å². The molecule has 0 fully saturated rings. The summed E-state index contributed by atoms with van der Waals surface area (Å²) in [6.07, 6.45) is 10.3. The van der Waals surface area contributed by atoms with Crippen LogP contribution in [0.1, 0.15) is 24.1 Å². The van der Waals surface area contributed by atoms with Crippen LogP contribution in [0.25, 0.3) is 0 Å². The van der Waals surface area contributed by atoms with Crippen LogP contribution in [0.4, 0.5) is 5.82 Å². The topological polar surface area (TPSA) is 37.3 Å². The highest BCUT2D eigenvalue weighted by Crippen LogP contribution is 2.37. The zero-order chi connectivity index (χ0) is 18.1. The van der Waals surface area contributed by atoms with Crippen LogP contribution in [0.3, 0.4) is 0 Å². The standard InChI is InChI=1S/C22H20ClN3/c1-14-11-12-24-20(13-14)26-22(16-7-9-17(23)10-8-16)21-15(2)25-19-6-4-3-5-18(19)21/h3-13,19,22H,1-2H3,(H,24,26). The first-order valence-electron chi connectivity index (χ1n) is 8.70. The van der Waals surface area contributed by atoms with Gasteiger partial charge in [0.05, 0.1) is 12.1 Å². The average Bonchev–Trinajstić information content (AvgIpc) is 2.96. The van der Waals surface area contributed by atoms with E-state index in [0.717, 1.165) is 22.1 Å². The molecule has 26 heavy (non-hydrogen) atoms. The molecule has 0 spiro atoms. The second-order valence-corrected chi connectivity index (χ2v) is 7.06. The average molecular weight is 362 g/mol. The smallest absolute Gasteiger partial charge is 0.126 e. The maximum absolute atomic E-state index is 6.11. The summed E-state index contributed by atoms with van der Waals surface area (Å²) in [6.45, 7) is 4.15. The van der Waals surface area contributed by atoms with Gasteiger partial charge in [-0.1, -0.05) is 48.0 Å². The molecule has 2 heterocycles. The first-order valence-corrected chi connectivity index (χ1v) is 9.08. The molecule has 0 bridgehead atoms. The van der Waals surface area contributed by atoms with Crippen LogP contribution in [0.15, 0.2) is 83.0 Å². The highest BCUT2D eigenvalue weighted by atomic mass is 35.5. The fraction of sp³-hybridized carbons (Fsp3) is 0.182. The molecule has 1 N–H and O–H groups in total. The van der Waals surface area contributed by atoms with Crippen molar-refractivity contribution < 1.29 is 0 Å². The monoisotopic (exact) mass is 361 g/mol. The molecule has 0 radical (unpaired) electrons. The summed E-state index contributed by atoms with van der Waals surface area (Å²) in [4.78, 5) is 9.32. The van der Waals surface area contributed by atoms with E-state index < -0.39 is 0 Å². The van der Waals surface area contributed by atoms with E-state index in [1.807, 2.05) is 24.4 Å². The van der Waals surface area contributed by atoms with Gasteiger partial charge in [0.15, 0.2) is 0 Å². The number of allylic oxidation sites excluding steroid dienone is 2. The summed E-state index contributed by atoms with van der Waals surface area (Å²) in [7, 11) is 0. The van der Waals surface area contributed by atoms with Crippen molar-refractivity contribution in [2.45, 2.75) is 25.9 Å². The van der Waals surface area contributed by atoms with Gasteiger partial charge in [-0.05, 0) is 54.8 Å². The van der Waals surface area contributed by atoms with E-state index in [-0.39, 0.29) is 12.1 Å². The lowest BCUT2D eigenvalue weighted by Gasteiger charge is -2.24.